The molecule has 0 bridgehead atoms. The Kier molecular flexibility index (Phi) is 23.6. The van der Waals surface area contributed by atoms with Crippen LogP contribution >= 0.6 is 15.9 Å². The molecule has 0 saturated carbocycles. The summed E-state index contributed by atoms with van der Waals surface area (Å²) in [4.78, 5) is 26.0. The van der Waals surface area contributed by atoms with Crippen molar-refractivity contribution in [1.29, 1.82) is 0 Å². The van der Waals surface area contributed by atoms with Crippen LogP contribution in [0.2, 0.25) is 0 Å². The van der Waals surface area contributed by atoms with Crippen molar-refractivity contribution < 1.29 is 32.5 Å². The topological polar surface area (TPSA) is 107 Å². The van der Waals surface area contributed by atoms with Crippen LogP contribution in [0.25, 0.3) is 23.5 Å². The lowest BCUT2D eigenvalue weighted by atomic mass is 10.1. The van der Waals surface area contributed by atoms with E-state index in [0.717, 1.165) is 53.5 Å². The molecule has 8 rings (SSSR count). The fourth-order valence-corrected chi connectivity index (χ4v) is 8.59. The van der Waals surface area contributed by atoms with Gasteiger partial charge in [0.25, 0.3) is 0 Å². The second kappa shape index (κ2) is 31.9. The second-order valence-corrected chi connectivity index (χ2v) is 19.2. The quantitative estimate of drug-likeness (QED) is 0.0443. The zero-order chi connectivity index (χ0) is 53.7. The van der Waals surface area contributed by atoms with Crippen LogP contribution in [0.5, 0.6) is 28.7 Å². The Morgan fingerprint density at radius 3 is 1.14 bits per heavy atom. The van der Waals surface area contributed by atoms with Crippen LogP contribution in [0, 0.1) is 0 Å². The minimum absolute atomic E-state index is 0.106. The Morgan fingerprint density at radius 1 is 0.403 bits per heavy atom. The Hall–Kier alpha value is -7.82. The van der Waals surface area contributed by atoms with Crippen molar-refractivity contribution in [2.45, 2.75) is 111 Å². The molecule has 0 saturated heterocycles. The minimum atomic E-state index is -0.282. The molecule has 0 aliphatic rings. The summed E-state index contributed by atoms with van der Waals surface area (Å²) in [5.74, 6) is 2.90. The Balaban J connectivity index is 0.000000300. The minimum Gasteiger partial charge on any atom is -0.485 e. The number of halogens is 1. The van der Waals surface area contributed by atoms with Crippen LogP contribution in [0.3, 0.4) is 0 Å². The summed E-state index contributed by atoms with van der Waals surface area (Å²) in [6, 6.07) is 55.9. The van der Waals surface area contributed by atoms with Crippen molar-refractivity contribution in [1.82, 2.24) is 0 Å². The van der Waals surface area contributed by atoms with Crippen molar-refractivity contribution in [2.24, 2.45) is 0 Å². The summed E-state index contributed by atoms with van der Waals surface area (Å²) in [5, 5.41) is 0. The van der Waals surface area contributed by atoms with E-state index < -0.39 is 0 Å². The van der Waals surface area contributed by atoms with Gasteiger partial charge in [0.15, 0.2) is 17.3 Å². The summed E-state index contributed by atoms with van der Waals surface area (Å²) in [5.41, 5.74) is 4.99. The van der Waals surface area contributed by atoms with Gasteiger partial charge in [-0.3, -0.25) is 9.59 Å². The van der Waals surface area contributed by atoms with E-state index in [-0.39, 0.29) is 47.9 Å². The van der Waals surface area contributed by atoms with Gasteiger partial charge in [-0.2, -0.15) is 0 Å². The smallest absolute Gasteiger partial charge is 0.228 e. The number of ether oxygens (including phenoxy) is 5. The summed E-state index contributed by atoms with van der Waals surface area (Å²) < 4.78 is 43.9. The van der Waals surface area contributed by atoms with Gasteiger partial charge in [0.05, 0.1) is 0 Å². The standard InChI is InChI=1S/C47H46O6.C20H23BrO3/c1-2-3-4-5-6-19-28-41-31-42(48)46(51-34-38-24-15-9-16-25-38)45(53-41)40-29-43(49-32-36-20-11-7-12-21-36)47(52-35-39-26-17-10-18-27-39)44(30-40)50-33-37-22-13-8-14-23-37;1-2-3-4-5-6-10-13-17-14-18(22)19(20(21)24-17)23-15-16-11-8-7-9-12-16/h7-31H,2-6,32-35H2,1H3;7-14H,2-6,15H2,1H3. The van der Waals surface area contributed by atoms with Crippen LogP contribution in [0.1, 0.15) is 117 Å². The molecule has 0 spiro atoms. The number of unbranched alkanes of at least 4 members (excludes halogenated alkanes) is 8. The van der Waals surface area contributed by atoms with E-state index in [1.54, 1.807) is 0 Å². The molecule has 0 N–H and O–H groups in total. The Bertz CT molecular complexity index is 3090. The maximum Gasteiger partial charge on any atom is 0.228 e. The highest BCUT2D eigenvalue weighted by atomic mass is 79.9. The van der Waals surface area contributed by atoms with Gasteiger partial charge in [0.2, 0.25) is 32.8 Å². The number of hydrogen-bond acceptors (Lipinski definition) is 9. The molecule has 9 nitrogen and oxygen atoms in total. The zero-order valence-corrected chi connectivity index (χ0v) is 45.8. The first-order valence-corrected chi connectivity index (χ1v) is 27.5. The second-order valence-electron chi connectivity index (χ2n) is 18.5. The van der Waals surface area contributed by atoms with Gasteiger partial charge in [-0.15, -0.1) is 0 Å². The third kappa shape index (κ3) is 19.1. The van der Waals surface area contributed by atoms with Crippen LogP contribution in [-0.4, -0.2) is 0 Å². The number of rotatable bonds is 28. The highest BCUT2D eigenvalue weighted by Crippen LogP contribution is 2.45. The van der Waals surface area contributed by atoms with E-state index in [2.05, 4.69) is 35.9 Å². The molecule has 0 unspecified atom stereocenters. The van der Waals surface area contributed by atoms with Gasteiger partial charge in [0, 0.05) is 17.7 Å². The highest BCUT2D eigenvalue weighted by Gasteiger charge is 2.23. The normalized spacial score (nSPS) is 11.1. The van der Waals surface area contributed by atoms with Crippen molar-refractivity contribution in [3.8, 4) is 40.1 Å². The zero-order valence-electron chi connectivity index (χ0n) is 44.2. The number of benzene rings is 6. The van der Waals surface area contributed by atoms with Gasteiger partial charge >= 0.3 is 0 Å². The molecule has 0 aliphatic heterocycles. The van der Waals surface area contributed by atoms with Crippen molar-refractivity contribution in [3.05, 3.63) is 253 Å². The van der Waals surface area contributed by atoms with Crippen molar-refractivity contribution in [3.63, 3.8) is 0 Å². The van der Waals surface area contributed by atoms with Crippen LogP contribution in [0.15, 0.2) is 211 Å². The monoisotopic (exact) mass is 1100 g/mol. The van der Waals surface area contributed by atoms with Crippen LogP contribution < -0.4 is 34.5 Å². The summed E-state index contributed by atoms with van der Waals surface area (Å²) in [6.07, 6.45) is 19.2. The van der Waals surface area contributed by atoms with Gasteiger partial charge in [0.1, 0.15) is 44.6 Å². The molecule has 0 atom stereocenters. The fourth-order valence-electron chi connectivity index (χ4n) is 8.09. The first kappa shape index (κ1) is 56.9. The molecule has 0 aliphatic carbocycles. The van der Waals surface area contributed by atoms with Crippen molar-refractivity contribution in [2.75, 3.05) is 0 Å². The van der Waals surface area contributed by atoms with E-state index in [9.17, 15) is 9.59 Å². The van der Waals surface area contributed by atoms with E-state index in [4.69, 9.17) is 32.5 Å². The van der Waals surface area contributed by atoms with Gasteiger partial charge in [-0.1, -0.05) is 216 Å². The predicted octanol–water partition coefficient (Wildman–Crippen LogP) is 17.6. The lowest BCUT2D eigenvalue weighted by molar-refractivity contribution is 0.230. The predicted molar refractivity (Wildman–Crippen MR) is 313 cm³/mol. The van der Waals surface area contributed by atoms with E-state index in [0.29, 0.717) is 52.2 Å². The molecule has 0 amide bonds. The molecule has 10 heteroatoms. The molecule has 77 heavy (non-hydrogen) atoms. The molecule has 2 aromatic heterocycles. The SMILES string of the molecule is CCCCCCC=Cc1cc(=O)c(OCc2ccccc2)c(-c2cc(OCc3ccccc3)c(OCc3ccccc3)c(OCc3ccccc3)c2)o1.CCCCCCC=Cc1cc(=O)c(OCc2ccccc2)c(Br)o1. The third-order valence-electron chi connectivity index (χ3n) is 12.3. The maximum atomic E-state index is 13.8. The van der Waals surface area contributed by atoms with E-state index in [1.807, 2.05) is 182 Å². The van der Waals surface area contributed by atoms with Crippen LogP contribution in [-0.2, 0) is 33.0 Å². The first-order chi connectivity index (χ1) is 37.9. The maximum absolute atomic E-state index is 13.8. The summed E-state index contributed by atoms with van der Waals surface area (Å²) >= 11 is 3.29. The van der Waals surface area contributed by atoms with E-state index in [1.165, 1.54) is 50.7 Å². The fraction of sp³-hybridized carbons (Fsp3) is 0.254. The molecule has 8 aromatic rings. The molecule has 2 heterocycles. The van der Waals surface area contributed by atoms with Gasteiger partial charge < -0.3 is 32.5 Å². The number of hydrogen-bond donors (Lipinski definition) is 0. The van der Waals surface area contributed by atoms with E-state index >= 15 is 0 Å². The Labute approximate surface area is 461 Å². The molecule has 6 aromatic carbocycles. The largest absolute Gasteiger partial charge is 0.485 e. The molecular weight excluding hydrogens is 1030 g/mol. The molecule has 0 radical (unpaired) electrons. The number of allylic oxidation sites excluding steroid dienone is 2. The Morgan fingerprint density at radius 2 is 0.753 bits per heavy atom. The third-order valence-corrected chi connectivity index (χ3v) is 12.8. The lowest BCUT2D eigenvalue weighted by Gasteiger charge is -2.20. The average molecular weight is 1100 g/mol. The average Bonchev–Trinajstić information content (AvgIpc) is 3.46. The lowest BCUT2D eigenvalue weighted by Crippen LogP contribution is -2.10. The molecule has 0 fully saturated rings. The highest BCUT2D eigenvalue weighted by molar-refractivity contribution is 9.10. The summed E-state index contributed by atoms with van der Waals surface area (Å²) in [6.45, 7) is 5.78. The first-order valence-electron chi connectivity index (χ1n) is 26.7. The van der Waals surface area contributed by atoms with Crippen molar-refractivity contribution >= 4 is 28.1 Å². The molecule has 398 valence electrons. The van der Waals surface area contributed by atoms with Crippen LogP contribution in [0.4, 0.5) is 0 Å². The summed E-state index contributed by atoms with van der Waals surface area (Å²) in [7, 11) is 0. The van der Waals surface area contributed by atoms with Gasteiger partial charge in [-0.25, -0.2) is 0 Å². The molecular formula is C67H69BrO9. The van der Waals surface area contributed by atoms with Gasteiger partial charge in [-0.05, 0) is 93.7 Å².